The topological polar surface area (TPSA) is 105 Å². The molecule has 1 atom stereocenters. The Balaban J connectivity index is 1.59. The normalized spacial score (nSPS) is 15.2. The van der Waals surface area contributed by atoms with Gasteiger partial charge in [-0.1, -0.05) is 5.16 Å². The summed E-state index contributed by atoms with van der Waals surface area (Å²) in [6, 6.07) is 8.98. The van der Waals surface area contributed by atoms with Crippen LogP contribution in [0.3, 0.4) is 0 Å². The van der Waals surface area contributed by atoms with E-state index >= 15 is 0 Å². The molecule has 10 nitrogen and oxygen atoms in total. The van der Waals surface area contributed by atoms with E-state index in [0.717, 1.165) is 5.69 Å². The van der Waals surface area contributed by atoms with E-state index in [-0.39, 0.29) is 18.2 Å². The molecule has 1 fully saturated rings. The summed E-state index contributed by atoms with van der Waals surface area (Å²) in [5.41, 5.74) is 1.36. The number of ether oxygens (including phenoxy) is 5. The van der Waals surface area contributed by atoms with Crippen LogP contribution in [0.2, 0.25) is 0 Å². The Kier molecular flexibility index (Phi) is 7.82. The zero-order valence-corrected chi connectivity index (χ0v) is 21.2. The smallest absolute Gasteiger partial charge is 0.258 e. The molecule has 1 aliphatic rings. The van der Waals surface area contributed by atoms with E-state index in [1.54, 1.807) is 43.4 Å². The number of amides is 1. The zero-order chi connectivity index (χ0) is 25.7. The minimum Gasteiger partial charge on any atom is -0.493 e. The number of aromatic nitrogens is 2. The summed E-state index contributed by atoms with van der Waals surface area (Å²) in [4.78, 5) is 19.1. The van der Waals surface area contributed by atoms with Crippen LogP contribution in [0, 0.1) is 0 Å². The molecule has 1 aromatic heterocycles. The van der Waals surface area contributed by atoms with Gasteiger partial charge >= 0.3 is 0 Å². The number of anilines is 1. The van der Waals surface area contributed by atoms with Gasteiger partial charge in [-0.3, -0.25) is 4.79 Å². The standard InChI is InChI=1S/C26H31N3O7/c1-6-33-21-11-16(12-22(34-7-2)24(21)35-8-3)26-27-25(28-36-26)17-13-23(30)29(15-17)18-9-10-19(31-4)20(14-18)32-5/h9-12,14,17H,6-8,13,15H2,1-5H3. The molecule has 3 aromatic rings. The summed E-state index contributed by atoms with van der Waals surface area (Å²) in [6.07, 6.45) is 0.269. The van der Waals surface area contributed by atoms with Gasteiger partial charge in [-0.25, -0.2) is 0 Å². The highest BCUT2D eigenvalue weighted by atomic mass is 16.5. The quantitative estimate of drug-likeness (QED) is 0.379. The Morgan fingerprint density at radius 3 is 2.19 bits per heavy atom. The molecule has 36 heavy (non-hydrogen) atoms. The second kappa shape index (κ2) is 11.2. The summed E-state index contributed by atoms with van der Waals surface area (Å²) in [7, 11) is 3.13. The second-order valence-corrected chi connectivity index (χ2v) is 8.00. The number of nitrogens with zero attached hydrogens (tertiary/aromatic N) is 3. The van der Waals surface area contributed by atoms with Crippen molar-refractivity contribution in [2.24, 2.45) is 0 Å². The maximum absolute atomic E-state index is 12.8. The van der Waals surface area contributed by atoms with Crippen LogP contribution in [0.5, 0.6) is 28.7 Å². The molecule has 0 spiro atoms. The zero-order valence-electron chi connectivity index (χ0n) is 21.2. The van der Waals surface area contributed by atoms with Gasteiger partial charge in [-0.15, -0.1) is 0 Å². The SMILES string of the molecule is CCOc1cc(-c2nc(C3CC(=O)N(c4ccc(OC)c(OC)c4)C3)no2)cc(OCC)c1OCC. The van der Waals surface area contributed by atoms with Crippen molar-refractivity contribution in [1.29, 1.82) is 0 Å². The van der Waals surface area contributed by atoms with Crippen molar-refractivity contribution >= 4 is 11.6 Å². The molecule has 1 saturated heterocycles. The van der Waals surface area contributed by atoms with Crippen LogP contribution >= 0.6 is 0 Å². The van der Waals surface area contributed by atoms with E-state index in [9.17, 15) is 4.79 Å². The summed E-state index contributed by atoms with van der Waals surface area (Å²) in [5.74, 6) is 3.29. The van der Waals surface area contributed by atoms with Gasteiger partial charge in [-0.05, 0) is 45.0 Å². The minimum atomic E-state index is -0.219. The fourth-order valence-electron chi connectivity index (χ4n) is 4.15. The predicted octanol–water partition coefficient (Wildman–Crippen LogP) is 4.47. The third-order valence-electron chi connectivity index (χ3n) is 5.77. The first-order chi connectivity index (χ1) is 17.5. The lowest BCUT2D eigenvalue weighted by Gasteiger charge is -2.18. The third kappa shape index (κ3) is 5.02. The predicted molar refractivity (Wildman–Crippen MR) is 132 cm³/mol. The monoisotopic (exact) mass is 497 g/mol. The second-order valence-electron chi connectivity index (χ2n) is 8.00. The van der Waals surface area contributed by atoms with Crippen molar-refractivity contribution in [3.8, 4) is 40.2 Å². The highest BCUT2D eigenvalue weighted by Crippen LogP contribution is 2.42. The van der Waals surface area contributed by atoms with E-state index in [0.29, 0.717) is 72.4 Å². The van der Waals surface area contributed by atoms with Gasteiger partial charge in [0.15, 0.2) is 28.8 Å². The summed E-state index contributed by atoms with van der Waals surface area (Å²) in [5, 5.41) is 4.19. The highest BCUT2D eigenvalue weighted by molar-refractivity contribution is 5.96. The fraction of sp³-hybridized carbons (Fsp3) is 0.423. The largest absolute Gasteiger partial charge is 0.493 e. The molecule has 2 heterocycles. The lowest BCUT2D eigenvalue weighted by molar-refractivity contribution is -0.117. The van der Waals surface area contributed by atoms with Gasteiger partial charge in [0.1, 0.15) is 0 Å². The van der Waals surface area contributed by atoms with Gasteiger partial charge in [-0.2, -0.15) is 4.98 Å². The molecule has 192 valence electrons. The van der Waals surface area contributed by atoms with Crippen molar-refractivity contribution in [1.82, 2.24) is 10.1 Å². The average molecular weight is 498 g/mol. The van der Waals surface area contributed by atoms with Crippen molar-refractivity contribution in [3.63, 3.8) is 0 Å². The van der Waals surface area contributed by atoms with Gasteiger partial charge in [0, 0.05) is 36.2 Å². The molecule has 1 unspecified atom stereocenters. The van der Waals surface area contributed by atoms with Crippen molar-refractivity contribution in [3.05, 3.63) is 36.2 Å². The number of carbonyl (C=O) groups excluding carboxylic acids is 1. The molecule has 0 radical (unpaired) electrons. The Labute approximate surface area is 210 Å². The number of hydrogen-bond acceptors (Lipinski definition) is 9. The highest BCUT2D eigenvalue weighted by Gasteiger charge is 2.35. The van der Waals surface area contributed by atoms with Gasteiger partial charge in [0.25, 0.3) is 5.89 Å². The van der Waals surface area contributed by atoms with E-state index in [1.807, 2.05) is 26.8 Å². The van der Waals surface area contributed by atoms with E-state index in [4.69, 9.17) is 28.2 Å². The van der Waals surface area contributed by atoms with Crippen LogP contribution in [0.4, 0.5) is 5.69 Å². The average Bonchev–Trinajstić information content (AvgIpc) is 3.53. The molecule has 4 rings (SSSR count). The fourth-order valence-corrected chi connectivity index (χ4v) is 4.15. The first-order valence-corrected chi connectivity index (χ1v) is 12.0. The van der Waals surface area contributed by atoms with Crippen LogP contribution < -0.4 is 28.6 Å². The number of hydrogen-bond donors (Lipinski definition) is 0. The van der Waals surface area contributed by atoms with Crippen molar-refractivity contribution in [2.75, 3.05) is 45.5 Å². The van der Waals surface area contributed by atoms with E-state index in [2.05, 4.69) is 10.1 Å². The summed E-state index contributed by atoms with van der Waals surface area (Å²) < 4.78 is 33.6. The molecular formula is C26H31N3O7. The lowest BCUT2D eigenvalue weighted by Crippen LogP contribution is -2.24. The molecule has 0 N–H and O–H groups in total. The number of methoxy groups -OCH3 is 2. The molecule has 0 aliphatic carbocycles. The van der Waals surface area contributed by atoms with Gasteiger partial charge < -0.3 is 33.1 Å². The molecular weight excluding hydrogens is 466 g/mol. The summed E-state index contributed by atoms with van der Waals surface area (Å²) >= 11 is 0. The lowest BCUT2D eigenvalue weighted by atomic mass is 10.1. The van der Waals surface area contributed by atoms with Crippen LogP contribution in [0.25, 0.3) is 11.5 Å². The Hall–Kier alpha value is -3.95. The Bertz CT molecular complexity index is 1180. The minimum absolute atomic E-state index is 0.0306. The Morgan fingerprint density at radius 1 is 0.917 bits per heavy atom. The van der Waals surface area contributed by atoms with E-state index < -0.39 is 0 Å². The number of carbonyl (C=O) groups is 1. The maximum atomic E-state index is 12.8. The maximum Gasteiger partial charge on any atom is 0.258 e. The molecule has 2 aromatic carbocycles. The van der Waals surface area contributed by atoms with E-state index in [1.165, 1.54) is 0 Å². The molecule has 10 heteroatoms. The third-order valence-corrected chi connectivity index (χ3v) is 5.77. The van der Waals surface area contributed by atoms with Crippen molar-refractivity contribution < 1.29 is 33.0 Å². The molecule has 1 amide bonds. The van der Waals surface area contributed by atoms with Gasteiger partial charge in [0.05, 0.1) is 34.0 Å². The van der Waals surface area contributed by atoms with Crippen LogP contribution in [0.1, 0.15) is 38.9 Å². The van der Waals surface area contributed by atoms with Crippen LogP contribution in [-0.4, -0.2) is 56.6 Å². The Morgan fingerprint density at radius 2 is 1.58 bits per heavy atom. The summed E-state index contributed by atoms with van der Waals surface area (Å²) in [6.45, 7) is 7.50. The van der Waals surface area contributed by atoms with Gasteiger partial charge in [0.2, 0.25) is 11.7 Å². The van der Waals surface area contributed by atoms with Crippen LogP contribution in [0.15, 0.2) is 34.9 Å². The first kappa shape index (κ1) is 25.2. The van der Waals surface area contributed by atoms with Crippen LogP contribution in [-0.2, 0) is 4.79 Å². The molecule has 0 saturated carbocycles. The molecule has 0 bridgehead atoms. The van der Waals surface area contributed by atoms with Crippen molar-refractivity contribution in [2.45, 2.75) is 33.1 Å². The number of benzene rings is 2. The first-order valence-electron chi connectivity index (χ1n) is 12.0. The molecule has 1 aliphatic heterocycles. The number of rotatable bonds is 11.